The van der Waals surface area contributed by atoms with E-state index in [1.807, 2.05) is 36.4 Å². The number of azo groups is 3. The molecule has 10 N–H and O–H groups in total. The van der Waals surface area contributed by atoms with Gasteiger partial charge in [-0.1, -0.05) is 98.9 Å². The number of phenolic OH excluding ortho intramolecular Hbond substituents is 2. The Morgan fingerprint density at radius 2 is 0.832 bits per heavy atom. The van der Waals surface area contributed by atoms with Gasteiger partial charge in [-0.15, -0.1) is 23.2 Å². The van der Waals surface area contributed by atoms with E-state index in [-0.39, 0.29) is 81.2 Å². The highest BCUT2D eigenvalue weighted by molar-refractivity contribution is 7.95. The van der Waals surface area contributed by atoms with Crippen LogP contribution < -0.4 is 10.6 Å². The van der Waals surface area contributed by atoms with Gasteiger partial charge in [-0.05, 0) is 148 Å². The predicted octanol–water partition coefficient (Wildman–Crippen LogP) is 17.0. The van der Waals surface area contributed by atoms with Crippen molar-refractivity contribution in [3.05, 3.63) is 209 Å². The Hall–Kier alpha value is -9.58. The lowest BCUT2D eigenvalue weighted by molar-refractivity contribution is -0.435. The molecule has 0 spiro atoms. The van der Waals surface area contributed by atoms with Crippen LogP contribution in [0.5, 0.6) is 11.5 Å². The molecule has 0 bridgehead atoms. The highest BCUT2D eigenvalue weighted by Crippen LogP contribution is 2.46. The molecule has 0 aliphatic carbocycles. The van der Waals surface area contributed by atoms with Crippen molar-refractivity contribution in [3.8, 4) is 11.5 Å². The maximum atomic E-state index is 13.6. The quantitative estimate of drug-likeness (QED) is 0.00458. The fourth-order valence-corrected chi connectivity index (χ4v) is 12.7. The molecule has 0 aliphatic heterocycles. The van der Waals surface area contributed by atoms with Gasteiger partial charge in [-0.3, -0.25) is 13.7 Å². The van der Waals surface area contributed by atoms with E-state index in [9.17, 15) is 54.3 Å². The summed E-state index contributed by atoms with van der Waals surface area (Å²) < 4.78 is 121. The van der Waals surface area contributed by atoms with E-state index < -0.39 is 56.5 Å². The molecule has 29 nitrogen and oxygen atoms in total. The molecule has 35 heteroatoms. The second kappa shape index (κ2) is 30.2. The van der Waals surface area contributed by atoms with Crippen molar-refractivity contribution in [2.75, 3.05) is 10.6 Å². The topological polar surface area (TPSA) is 432 Å². The maximum Gasteiger partial charge on any atom is 0.296 e. The van der Waals surface area contributed by atoms with Gasteiger partial charge in [-0.2, -0.15) is 35.5 Å². The Balaban J connectivity index is 0.879. The smallest absolute Gasteiger partial charge is 0.296 e. The van der Waals surface area contributed by atoms with E-state index in [2.05, 4.69) is 60.0 Å². The Morgan fingerprint density at radius 3 is 1.35 bits per heavy atom. The van der Waals surface area contributed by atoms with Crippen LogP contribution in [0.15, 0.2) is 237 Å². The van der Waals surface area contributed by atoms with Gasteiger partial charge in [0.1, 0.15) is 31.7 Å². The van der Waals surface area contributed by atoms with Crippen molar-refractivity contribution in [2.45, 2.75) is 29.4 Å². The minimum atomic E-state index is -5.06. The Bertz CT molecular complexity index is 5080. The molecule has 0 saturated carbocycles. The van der Waals surface area contributed by atoms with Gasteiger partial charge in [0, 0.05) is 55.7 Å². The molecule has 0 aromatic heterocycles. The average molecular weight is 1410 g/mol. The number of fused-ring (bicyclic) bond motifs is 2. The molecular formula is C60H44N8O21S6. The highest BCUT2D eigenvalue weighted by atomic mass is 32.2. The normalized spacial score (nSPS) is 12.5. The lowest BCUT2D eigenvalue weighted by Crippen LogP contribution is -2.01. The monoisotopic (exact) mass is 1400 g/mol. The molecule has 0 unspecified atom stereocenters. The van der Waals surface area contributed by atoms with Crippen LogP contribution in [-0.4, -0.2) is 69.8 Å². The zero-order valence-electron chi connectivity index (χ0n) is 47.6. The average Bonchev–Trinajstić information content (AvgIpc) is 0.781. The summed E-state index contributed by atoms with van der Waals surface area (Å²) >= 11 is 1.40. The summed E-state index contributed by atoms with van der Waals surface area (Å²) in [5.74, 6) is -0.990. The second-order valence-corrected chi connectivity index (χ2v) is 25.8. The number of anilines is 4. The summed E-state index contributed by atoms with van der Waals surface area (Å²) in [4.78, 5) is -1.80. The lowest BCUT2D eigenvalue weighted by Gasteiger charge is -2.12. The van der Waals surface area contributed by atoms with E-state index in [0.29, 0.717) is 69.5 Å². The first-order valence-corrected chi connectivity index (χ1v) is 33.2. The fourth-order valence-electron chi connectivity index (χ4n) is 9.12. The molecule has 0 aliphatic rings. The molecule has 486 valence electrons. The lowest BCUT2D eigenvalue weighted by atomic mass is 10.1. The summed E-state index contributed by atoms with van der Waals surface area (Å²) in [6.07, 6.45) is 5.20. The van der Waals surface area contributed by atoms with Crippen molar-refractivity contribution in [3.63, 3.8) is 0 Å². The Morgan fingerprint density at radius 1 is 0.411 bits per heavy atom. The summed E-state index contributed by atoms with van der Waals surface area (Å²) in [7, 11) is -15.2. The fraction of sp³-hybridized carbons (Fsp3) is 0. The van der Waals surface area contributed by atoms with Crippen LogP contribution in [0, 0.1) is 5.21 Å². The highest BCUT2D eigenvalue weighted by Gasteiger charge is 2.24. The SMILES string of the molecule is O=S(=O)(O)c1cc(N=Nc2c(S(=O)(=O)O)cc3cc(Nc4ccccc4)ccc3c2O)ccc1/C=C/c1ccc([N+]([O-])=Nc2ccc(/C=C/c3ccc(N=Nc4c(SOOO)cc5cc(Nc6ccccc6)ccc5c4O)cc3SOOO)c(S(=O)(=O)O)c2)cc1SOOO. The molecule has 10 aromatic carbocycles. The van der Waals surface area contributed by atoms with Crippen LogP contribution in [0.25, 0.3) is 45.8 Å². The van der Waals surface area contributed by atoms with Crippen LogP contribution in [0.4, 0.5) is 56.9 Å². The number of nitrogens with one attached hydrogen (secondary N) is 2. The number of nitrogens with zero attached hydrogens (tertiary/aromatic N) is 6. The molecule has 95 heavy (non-hydrogen) atoms. The minimum absolute atomic E-state index is 0.0174. The first-order valence-electron chi connectivity index (χ1n) is 26.6. The van der Waals surface area contributed by atoms with Gasteiger partial charge >= 0.3 is 0 Å². The standard InChI is InChI=1S/C60H44N8O21S6/c69-59-49-25-22-43(61-41-7-3-1-4-8-41)27-39(49)29-53(92-89-86-74)57(59)65-63-45-19-15-35(51(31-45)90-87-84-72)11-13-38-17-21-47(33-55(38)94(78,79)80)67-68(71)48-24-18-36(52(34-48)91-88-85-73)12-14-37-16-20-46(32-54(37)93(75,76)77)64-66-58-56(95(81,82)83)30-40-28-44(23-26-50(40)60(58)70)62-42-9-5-2-6-10-42/h1-34,61-62,69-70,72-74H,(H,75,76,77)(H,78,79,80)(H,81,82,83)/b13-11+,14-12+,65-63?,66-64?,68-67?. The summed E-state index contributed by atoms with van der Waals surface area (Å²) in [6.45, 7) is 0. The zero-order valence-corrected chi connectivity index (χ0v) is 52.5. The number of para-hydroxylation sites is 2. The Kier molecular flexibility index (Phi) is 21.7. The number of benzene rings is 10. The molecular weight excluding hydrogens is 1360 g/mol. The van der Waals surface area contributed by atoms with Crippen molar-refractivity contribution in [2.24, 2.45) is 25.6 Å². The van der Waals surface area contributed by atoms with Gasteiger partial charge in [0.2, 0.25) is 5.69 Å². The Labute approximate surface area is 550 Å². The predicted molar refractivity (Wildman–Crippen MR) is 349 cm³/mol. The molecule has 0 amide bonds. The molecule has 0 saturated heterocycles. The number of hydrogen-bond donors (Lipinski definition) is 10. The molecule has 10 rings (SSSR count). The number of hydrogen-bond acceptors (Lipinski definition) is 28. The molecule has 0 heterocycles. The van der Waals surface area contributed by atoms with Crippen LogP contribution in [0.3, 0.4) is 0 Å². The first kappa shape index (κ1) is 68.3. The van der Waals surface area contributed by atoms with Crippen LogP contribution >= 0.6 is 36.1 Å². The third kappa shape index (κ3) is 17.2. The number of aromatic hydroxyl groups is 2. The van der Waals surface area contributed by atoms with Gasteiger partial charge in [0.25, 0.3) is 30.4 Å². The van der Waals surface area contributed by atoms with Crippen LogP contribution in [0.1, 0.15) is 22.3 Å². The third-order valence-corrected chi connectivity index (χ3v) is 18.0. The summed E-state index contributed by atoms with van der Waals surface area (Å²) in [5, 5.41) is 103. The van der Waals surface area contributed by atoms with Crippen molar-refractivity contribution >= 4 is 169 Å². The molecule has 0 atom stereocenters. The molecule has 0 fully saturated rings. The summed E-state index contributed by atoms with van der Waals surface area (Å²) in [6, 6.07) is 45.6. The van der Waals surface area contributed by atoms with Crippen molar-refractivity contribution in [1.82, 2.24) is 0 Å². The first-order chi connectivity index (χ1) is 45.6. The second-order valence-electron chi connectivity index (χ2n) is 19.4. The van der Waals surface area contributed by atoms with Crippen LogP contribution in [-0.2, 0) is 58.5 Å². The van der Waals surface area contributed by atoms with E-state index in [1.54, 1.807) is 54.6 Å². The van der Waals surface area contributed by atoms with Crippen molar-refractivity contribution < 1.29 is 97.9 Å². The number of phenols is 2. The summed E-state index contributed by atoms with van der Waals surface area (Å²) in [5.41, 5.74) is 1.55. The van der Waals surface area contributed by atoms with E-state index in [0.717, 1.165) is 23.9 Å². The third-order valence-electron chi connectivity index (χ3n) is 13.4. The molecule has 10 aromatic rings. The molecule has 0 radical (unpaired) electrons. The van der Waals surface area contributed by atoms with Gasteiger partial charge in [-0.25, -0.2) is 15.8 Å². The largest absolute Gasteiger partial charge is 0.594 e. The van der Waals surface area contributed by atoms with E-state index in [1.165, 1.54) is 97.1 Å². The van der Waals surface area contributed by atoms with Gasteiger partial charge < -0.3 is 26.1 Å². The zero-order chi connectivity index (χ0) is 67.4. The van der Waals surface area contributed by atoms with E-state index in [4.69, 9.17) is 20.1 Å². The minimum Gasteiger partial charge on any atom is -0.594 e. The van der Waals surface area contributed by atoms with Gasteiger partial charge in [0.05, 0.1) is 57.3 Å². The number of rotatable bonds is 26. The van der Waals surface area contributed by atoms with E-state index >= 15 is 0 Å². The van der Waals surface area contributed by atoms with Crippen molar-refractivity contribution in [1.29, 1.82) is 0 Å². The van der Waals surface area contributed by atoms with Gasteiger partial charge in [0.15, 0.2) is 11.5 Å². The van der Waals surface area contributed by atoms with Crippen LogP contribution in [0.2, 0.25) is 0 Å². The maximum absolute atomic E-state index is 13.6.